The first kappa shape index (κ1) is 18.4. The van der Waals surface area contributed by atoms with Gasteiger partial charge in [0.2, 0.25) is 11.8 Å². The van der Waals surface area contributed by atoms with Gasteiger partial charge in [0.05, 0.1) is 0 Å². The third kappa shape index (κ3) is 6.04. The SMILES string of the molecule is CC(C)C(=O)NCCNC(=O)C(N)c1ccccc1.Cl. The summed E-state index contributed by atoms with van der Waals surface area (Å²) in [7, 11) is 0. The molecule has 0 saturated carbocycles. The zero-order chi connectivity index (χ0) is 14.3. The van der Waals surface area contributed by atoms with E-state index in [0.717, 1.165) is 5.56 Å². The van der Waals surface area contributed by atoms with Gasteiger partial charge < -0.3 is 16.4 Å². The van der Waals surface area contributed by atoms with E-state index in [0.29, 0.717) is 13.1 Å². The van der Waals surface area contributed by atoms with E-state index < -0.39 is 6.04 Å². The van der Waals surface area contributed by atoms with E-state index in [4.69, 9.17) is 5.73 Å². The molecule has 4 N–H and O–H groups in total. The number of carbonyl (C=O) groups excluding carboxylic acids is 2. The lowest BCUT2D eigenvalue weighted by atomic mass is 10.1. The second-order valence-electron chi connectivity index (χ2n) is 4.63. The van der Waals surface area contributed by atoms with Gasteiger partial charge >= 0.3 is 0 Å². The van der Waals surface area contributed by atoms with Crippen molar-refractivity contribution in [3.05, 3.63) is 35.9 Å². The fourth-order valence-corrected chi connectivity index (χ4v) is 1.50. The largest absolute Gasteiger partial charge is 0.354 e. The number of halogens is 1. The summed E-state index contributed by atoms with van der Waals surface area (Å²) in [6.07, 6.45) is 0. The quantitative estimate of drug-likeness (QED) is 0.685. The van der Waals surface area contributed by atoms with Crippen LogP contribution in [0.3, 0.4) is 0 Å². The Balaban J connectivity index is 0.00000361. The van der Waals surface area contributed by atoms with Crippen molar-refractivity contribution < 1.29 is 9.59 Å². The molecule has 1 unspecified atom stereocenters. The molecule has 112 valence electrons. The zero-order valence-electron chi connectivity index (χ0n) is 11.8. The number of carbonyl (C=O) groups is 2. The van der Waals surface area contributed by atoms with Crippen LogP contribution in [0.2, 0.25) is 0 Å². The summed E-state index contributed by atoms with van der Waals surface area (Å²) in [5, 5.41) is 5.42. The molecule has 0 saturated heterocycles. The predicted octanol–water partition coefficient (Wildman–Crippen LogP) is 0.997. The fraction of sp³-hybridized carbons (Fsp3) is 0.429. The first-order chi connectivity index (χ1) is 9.02. The number of rotatable bonds is 6. The molecule has 1 aromatic carbocycles. The van der Waals surface area contributed by atoms with Crippen molar-refractivity contribution in [1.82, 2.24) is 10.6 Å². The monoisotopic (exact) mass is 299 g/mol. The summed E-state index contributed by atoms with van der Waals surface area (Å²) in [6, 6.07) is 8.49. The molecule has 0 aliphatic carbocycles. The summed E-state index contributed by atoms with van der Waals surface area (Å²) in [5.41, 5.74) is 6.60. The molecule has 0 fully saturated rings. The van der Waals surface area contributed by atoms with Crippen molar-refractivity contribution in [2.24, 2.45) is 11.7 Å². The molecule has 0 spiro atoms. The van der Waals surface area contributed by atoms with Crippen LogP contribution in [0.25, 0.3) is 0 Å². The molecule has 0 aliphatic rings. The lowest BCUT2D eigenvalue weighted by Crippen LogP contribution is -2.40. The molecular weight excluding hydrogens is 278 g/mol. The lowest BCUT2D eigenvalue weighted by molar-refractivity contribution is -0.125. The van der Waals surface area contributed by atoms with Gasteiger partial charge in [-0.1, -0.05) is 44.2 Å². The van der Waals surface area contributed by atoms with Crippen LogP contribution in [0.1, 0.15) is 25.5 Å². The van der Waals surface area contributed by atoms with Gasteiger partial charge in [0, 0.05) is 19.0 Å². The highest BCUT2D eigenvalue weighted by Crippen LogP contribution is 2.08. The summed E-state index contributed by atoms with van der Waals surface area (Å²) >= 11 is 0. The van der Waals surface area contributed by atoms with E-state index in [1.807, 2.05) is 44.2 Å². The third-order valence-electron chi connectivity index (χ3n) is 2.69. The number of hydrogen-bond acceptors (Lipinski definition) is 3. The number of benzene rings is 1. The molecule has 5 nitrogen and oxygen atoms in total. The Bertz CT molecular complexity index is 424. The van der Waals surface area contributed by atoms with Crippen LogP contribution >= 0.6 is 12.4 Å². The molecular formula is C14H22ClN3O2. The van der Waals surface area contributed by atoms with Crippen molar-refractivity contribution in [1.29, 1.82) is 0 Å². The Morgan fingerprint density at radius 3 is 2.05 bits per heavy atom. The molecule has 0 aromatic heterocycles. The van der Waals surface area contributed by atoms with E-state index in [9.17, 15) is 9.59 Å². The number of hydrogen-bond donors (Lipinski definition) is 3. The first-order valence-corrected chi connectivity index (χ1v) is 6.38. The van der Waals surface area contributed by atoms with E-state index >= 15 is 0 Å². The summed E-state index contributed by atoms with van der Waals surface area (Å²) in [6.45, 7) is 4.42. The summed E-state index contributed by atoms with van der Waals surface area (Å²) in [4.78, 5) is 23.1. The van der Waals surface area contributed by atoms with E-state index in [1.165, 1.54) is 0 Å². The number of nitrogens with two attached hydrogens (primary N) is 1. The van der Waals surface area contributed by atoms with E-state index in [2.05, 4.69) is 10.6 Å². The fourth-order valence-electron chi connectivity index (χ4n) is 1.50. The molecule has 0 radical (unpaired) electrons. The Hall–Kier alpha value is -1.59. The molecule has 0 bridgehead atoms. The third-order valence-corrected chi connectivity index (χ3v) is 2.69. The smallest absolute Gasteiger partial charge is 0.241 e. The number of amides is 2. The highest BCUT2D eigenvalue weighted by Gasteiger charge is 2.14. The average Bonchev–Trinajstić information content (AvgIpc) is 2.43. The van der Waals surface area contributed by atoms with Crippen molar-refractivity contribution in [3.8, 4) is 0 Å². The van der Waals surface area contributed by atoms with Crippen molar-refractivity contribution in [2.75, 3.05) is 13.1 Å². The molecule has 1 rings (SSSR count). The lowest BCUT2D eigenvalue weighted by Gasteiger charge is -2.13. The van der Waals surface area contributed by atoms with Gasteiger partial charge in [0.25, 0.3) is 0 Å². The van der Waals surface area contributed by atoms with Crippen LogP contribution in [0.5, 0.6) is 0 Å². The van der Waals surface area contributed by atoms with Crippen LogP contribution in [0, 0.1) is 5.92 Å². The van der Waals surface area contributed by atoms with Gasteiger partial charge in [-0.05, 0) is 5.56 Å². The van der Waals surface area contributed by atoms with Crippen molar-refractivity contribution in [3.63, 3.8) is 0 Å². The first-order valence-electron chi connectivity index (χ1n) is 6.38. The number of nitrogens with one attached hydrogen (secondary N) is 2. The van der Waals surface area contributed by atoms with Crippen LogP contribution < -0.4 is 16.4 Å². The maximum absolute atomic E-state index is 11.8. The van der Waals surface area contributed by atoms with Gasteiger partial charge in [-0.15, -0.1) is 12.4 Å². The molecule has 1 aromatic rings. The Morgan fingerprint density at radius 2 is 1.55 bits per heavy atom. The maximum atomic E-state index is 11.8. The van der Waals surface area contributed by atoms with Crippen molar-refractivity contribution in [2.45, 2.75) is 19.9 Å². The van der Waals surface area contributed by atoms with Gasteiger partial charge in [-0.3, -0.25) is 9.59 Å². The average molecular weight is 300 g/mol. The molecule has 6 heteroatoms. The van der Waals surface area contributed by atoms with Gasteiger partial charge in [-0.25, -0.2) is 0 Å². The highest BCUT2D eigenvalue weighted by molar-refractivity contribution is 5.85. The van der Waals surface area contributed by atoms with Crippen LogP contribution in [-0.4, -0.2) is 24.9 Å². The second-order valence-corrected chi connectivity index (χ2v) is 4.63. The van der Waals surface area contributed by atoms with Gasteiger partial charge in [0.1, 0.15) is 6.04 Å². The maximum Gasteiger partial charge on any atom is 0.241 e. The summed E-state index contributed by atoms with van der Waals surface area (Å²) in [5.74, 6) is -0.325. The van der Waals surface area contributed by atoms with Gasteiger partial charge in [-0.2, -0.15) is 0 Å². The normalized spacial score (nSPS) is 11.4. The van der Waals surface area contributed by atoms with E-state index in [1.54, 1.807) is 0 Å². The molecule has 0 aliphatic heterocycles. The van der Waals surface area contributed by atoms with Crippen molar-refractivity contribution >= 4 is 24.2 Å². The minimum atomic E-state index is -0.679. The molecule has 20 heavy (non-hydrogen) atoms. The Labute approximate surface area is 125 Å². The standard InChI is InChI=1S/C14H21N3O2.ClH/c1-10(2)13(18)16-8-9-17-14(19)12(15)11-6-4-3-5-7-11;/h3-7,10,12H,8-9,15H2,1-2H3,(H,16,18)(H,17,19);1H. The highest BCUT2D eigenvalue weighted by atomic mass is 35.5. The molecule has 1 atom stereocenters. The Morgan fingerprint density at radius 1 is 1.05 bits per heavy atom. The van der Waals surface area contributed by atoms with Gasteiger partial charge in [0.15, 0.2) is 0 Å². The molecule has 0 heterocycles. The topological polar surface area (TPSA) is 84.2 Å². The van der Waals surface area contributed by atoms with Crippen LogP contribution in [-0.2, 0) is 9.59 Å². The zero-order valence-corrected chi connectivity index (χ0v) is 12.6. The van der Waals surface area contributed by atoms with E-state index in [-0.39, 0.29) is 30.1 Å². The minimum Gasteiger partial charge on any atom is -0.354 e. The summed E-state index contributed by atoms with van der Waals surface area (Å²) < 4.78 is 0. The Kier molecular flexibility index (Phi) is 8.59. The second kappa shape index (κ2) is 9.34. The minimum absolute atomic E-state index is 0. The van der Waals surface area contributed by atoms with Crippen LogP contribution in [0.15, 0.2) is 30.3 Å². The van der Waals surface area contributed by atoms with Crippen LogP contribution in [0.4, 0.5) is 0 Å². The predicted molar refractivity (Wildman–Crippen MR) is 81.5 cm³/mol. The molecule has 2 amide bonds.